The SMILES string of the molecule is C[C@@H](OC(=O)Cc1cccc2ccccc12)c1nnc(-c2ccccc2)o1. The number of ether oxygens (including phenoxy) is 1. The number of nitrogens with zero attached hydrogens (tertiary/aromatic N) is 2. The van der Waals surface area contributed by atoms with Crippen LogP contribution in [0.4, 0.5) is 0 Å². The van der Waals surface area contributed by atoms with Gasteiger partial charge in [-0.1, -0.05) is 60.7 Å². The number of esters is 1. The van der Waals surface area contributed by atoms with Gasteiger partial charge in [-0.15, -0.1) is 10.2 Å². The van der Waals surface area contributed by atoms with E-state index >= 15 is 0 Å². The van der Waals surface area contributed by atoms with Crippen LogP contribution in [0.25, 0.3) is 22.2 Å². The summed E-state index contributed by atoms with van der Waals surface area (Å²) in [7, 11) is 0. The van der Waals surface area contributed by atoms with Gasteiger partial charge >= 0.3 is 5.97 Å². The van der Waals surface area contributed by atoms with Crippen molar-refractivity contribution in [2.45, 2.75) is 19.4 Å². The van der Waals surface area contributed by atoms with Crippen molar-refractivity contribution in [3.05, 3.63) is 84.3 Å². The van der Waals surface area contributed by atoms with Gasteiger partial charge in [-0.25, -0.2) is 0 Å². The molecule has 5 heteroatoms. The highest BCUT2D eigenvalue weighted by Crippen LogP contribution is 2.23. The first-order valence-electron chi connectivity index (χ1n) is 8.75. The molecule has 1 heterocycles. The average Bonchev–Trinajstić information content (AvgIpc) is 3.19. The lowest BCUT2D eigenvalue weighted by Gasteiger charge is -2.10. The lowest BCUT2D eigenvalue weighted by molar-refractivity contribution is -0.148. The fraction of sp³-hybridized carbons (Fsp3) is 0.136. The van der Waals surface area contributed by atoms with Crippen LogP contribution in [0, 0.1) is 0 Å². The van der Waals surface area contributed by atoms with E-state index in [9.17, 15) is 4.79 Å². The standard InChI is InChI=1S/C22H18N2O3/c1-15(21-23-24-22(27-21)17-9-3-2-4-10-17)26-20(25)14-18-12-7-11-16-8-5-6-13-19(16)18/h2-13,15H,14H2,1H3/t15-/m1/s1. The molecule has 134 valence electrons. The molecule has 0 amide bonds. The molecule has 0 radical (unpaired) electrons. The second-order valence-corrected chi connectivity index (χ2v) is 6.26. The molecule has 1 atom stereocenters. The molecule has 0 aliphatic heterocycles. The fourth-order valence-corrected chi connectivity index (χ4v) is 2.99. The monoisotopic (exact) mass is 358 g/mol. The minimum Gasteiger partial charge on any atom is -0.452 e. The van der Waals surface area contributed by atoms with Crippen LogP contribution in [0.3, 0.4) is 0 Å². The van der Waals surface area contributed by atoms with Gasteiger partial charge in [-0.2, -0.15) is 0 Å². The maximum atomic E-state index is 12.4. The number of fused-ring (bicyclic) bond motifs is 1. The van der Waals surface area contributed by atoms with E-state index in [1.165, 1.54) is 0 Å². The Morgan fingerprint density at radius 2 is 1.70 bits per heavy atom. The Balaban J connectivity index is 1.46. The third-order valence-corrected chi connectivity index (χ3v) is 4.33. The molecule has 1 aromatic heterocycles. The largest absolute Gasteiger partial charge is 0.452 e. The van der Waals surface area contributed by atoms with E-state index in [1.807, 2.05) is 72.8 Å². The summed E-state index contributed by atoms with van der Waals surface area (Å²) >= 11 is 0. The second kappa shape index (κ2) is 7.41. The molecule has 27 heavy (non-hydrogen) atoms. The van der Waals surface area contributed by atoms with E-state index in [0.29, 0.717) is 5.89 Å². The van der Waals surface area contributed by atoms with Gasteiger partial charge in [0, 0.05) is 5.56 Å². The highest BCUT2D eigenvalue weighted by molar-refractivity contribution is 5.89. The van der Waals surface area contributed by atoms with Crippen molar-refractivity contribution in [1.82, 2.24) is 10.2 Å². The van der Waals surface area contributed by atoms with Gasteiger partial charge < -0.3 is 9.15 Å². The van der Waals surface area contributed by atoms with E-state index in [2.05, 4.69) is 10.2 Å². The van der Waals surface area contributed by atoms with Gasteiger partial charge in [0.1, 0.15) is 0 Å². The molecule has 0 spiro atoms. The maximum Gasteiger partial charge on any atom is 0.311 e. The number of rotatable bonds is 5. The van der Waals surface area contributed by atoms with E-state index in [-0.39, 0.29) is 18.3 Å². The molecular formula is C22H18N2O3. The van der Waals surface area contributed by atoms with Crippen molar-refractivity contribution in [1.29, 1.82) is 0 Å². The van der Waals surface area contributed by atoms with Crippen LogP contribution in [0.2, 0.25) is 0 Å². The summed E-state index contributed by atoms with van der Waals surface area (Å²) in [6.45, 7) is 1.73. The number of carbonyl (C=O) groups is 1. The molecule has 0 bridgehead atoms. The Kier molecular flexibility index (Phi) is 4.66. The second-order valence-electron chi connectivity index (χ2n) is 6.26. The molecule has 0 N–H and O–H groups in total. The number of hydrogen-bond donors (Lipinski definition) is 0. The van der Waals surface area contributed by atoms with E-state index in [0.717, 1.165) is 21.9 Å². The summed E-state index contributed by atoms with van der Waals surface area (Å²) in [6.07, 6.45) is -0.428. The summed E-state index contributed by atoms with van der Waals surface area (Å²) in [5, 5.41) is 10.2. The number of benzene rings is 3. The van der Waals surface area contributed by atoms with Crippen LogP contribution in [0.5, 0.6) is 0 Å². The molecule has 4 rings (SSSR count). The predicted molar refractivity (Wildman–Crippen MR) is 102 cm³/mol. The van der Waals surface area contributed by atoms with Crippen molar-refractivity contribution >= 4 is 16.7 Å². The van der Waals surface area contributed by atoms with Gasteiger partial charge in [0.15, 0.2) is 6.10 Å². The Bertz CT molecular complexity index is 1070. The molecule has 4 aromatic rings. The Labute approximate surface area is 156 Å². The molecule has 0 unspecified atom stereocenters. The van der Waals surface area contributed by atoms with Crippen molar-refractivity contribution in [3.8, 4) is 11.5 Å². The molecule has 3 aromatic carbocycles. The van der Waals surface area contributed by atoms with Crippen LogP contribution < -0.4 is 0 Å². The first-order valence-corrected chi connectivity index (χ1v) is 8.75. The molecule has 0 aliphatic rings. The Morgan fingerprint density at radius 1 is 0.963 bits per heavy atom. The highest BCUT2D eigenvalue weighted by atomic mass is 16.6. The maximum absolute atomic E-state index is 12.4. The van der Waals surface area contributed by atoms with Crippen LogP contribution in [-0.2, 0) is 16.0 Å². The van der Waals surface area contributed by atoms with Crippen LogP contribution in [-0.4, -0.2) is 16.2 Å². The van der Waals surface area contributed by atoms with E-state index in [4.69, 9.17) is 9.15 Å². The van der Waals surface area contributed by atoms with Gasteiger partial charge in [-0.3, -0.25) is 4.79 Å². The Hall–Kier alpha value is -3.47. The third kappa shape index (κ3) is 3.72. The van der Waals surface area contributed by atoms with E-state index < -0.39 is 6.10 Å². The summed E-state index contributed by atoms with van der Waals surface area (Å²) in [4.78, 5) is 12.4. The molecule has 5 nitrogen and oxygen atoms in total. The van der Waals surface area contributed by atoms with Crippen molar-refractivity contribution in [2.75, 3.05) is 0 Å². The third-order valence-electron chi connectivity index (χ3n) is 4.33. The van der Waals surface area contributed by atoms with Gasteiger partial charge in [-0.05, 0) is 35.4 Å². The van der Waals surface area contributed by atoms with Gasteiger partial charge in [0.05, 0.1) is 6.42 Å². The zero-order valence-electron chi connectivity index (χ0n) is 14.8. The fourth-order valence-electron chi connectivity index (χ4n) is 2.99. The lowest BCUT2D eigenvalue weighted by atomic mass is 10.0. The van der Waals surface area contributed by atoms with Crippen molar-refractivity contribution < 1.29 is 13.9 Å². The smallest absolute Gasteiger partial charge is 0.311 e. The number of aromatic nitrogens is 2. The number of hydrogen-bond acceptors (Lipinski definition) is 5. The lowest BCUT2D eigenvalue weighted by Crippen LogP contribution is -2.12. The summed E-state index contributed by atoms with van der Waals surface area (Å²) in [5.41, 5.74) is 1.76. The van der Waals surface area contributed by atoms with Gasteiger partial charge in [0.2, 0.25) is 5.89 Å². The molecule has 0 saturated carbocycles. The molecular weight excluding hydrogens is 340 g/mol. The first kappa shape index (κ1) is 17.0. The quantitative estimate of drug-likeness (QED) is 0.482. The molecule has 0 saturated heterocycles. The van der Waals surface area contributed by atoms with E-state index in [1.54, 1.807) is 6.92 Å². The Morgan fingerprint density at radius 3 is 2.56 bits per heavy atom. The summed E-state index contributed by atoms with van der Waals surface area (Å²) < 4.78 is 11.2. The normalized spacial score (nSPS) is 12.0. The zero-order chi connectivity index (χ0) is 18.6. The topological polar surface area (TPSA) is 65.2 Å². The zero-order valence-corrected chi connectivity index (χ0v) is 14.8. The predicted octanol–water partition coefficient (Wildman–Crippen LogP) is 4.74. The van der Waals surface area contributed by atoms with Crippen molar-refractivity contribution in [2.24, 2.45) is 0 Å². The number of carbonyl (C=O) groups excluding carboxylic acids is 1. The summed E-state index contributed by atoms with van der Waals surface area (Å²) in [5.74, 6) is 0.348. The van der Waals surface area contributed by atoms with Crippen LogP contribution in [0.15, 0.2) is 77.2 Å². The van der Waals surface area contributed by atoms with Gasteiger partial charge in [0.25, 0.3) is 5.89 Å². The minimum atomic E-state index is -0.613. The van der Waals surface area contributed by atoms with Crippen LogP contribution >= 0.6 is 0 Å². The first-order chi connectivity index (χ1) is 13.2. The molecule has 0 aliphatic carbocycles. The average molecular weight is 358 g/mol. The summed E-state index contributed by atoms with van der Waals surface area (Å²) in [6, 6.07) is 23.3. The van der Waals surface area contributed by atoms with Crippen molar-refractivity contribution in [3.63, 3.8) is 0 Å². The highest BCUT2D eigenvalue weighted by Gasteiger charge is 2.19. The minimum absolute atomic E-state index is 0.186. The molecule has 0 fully saturated rings. The van der Waals surface area contributed by atoms with Crippen LogP contribution in [0.1, 0.15) is 24.5 Å².